The Hall–Kier alpha value is -0.810. The van der Waals surface area contributed by atoms with E-state index in [1.807, 2.05) is 31.2 Å². The van der Waals surface area contributed by atoms with Gasteiger partial charge in [-0.2, -0.15) is 0 Å². The van der Waals surface area contributed by atoms with Gasteiger partial charge in [-0.3, -0.25) is 4.79 Å². The molecule has 1 aliphatic heterocycles. The normalized spacial score (nSPS) is 19.8. The van der Waals surface area contributed by atoms with Crippen LogP contribution in [0.25, 0.3) is 0 Å². The Kier molecular flexibility index (Phi) is 7.30. The van der Waals surface area contributed by atoms with Crippen LogP contribution in [0.1, 0.15) is 12.5 Å². The van der Waals surface area contributed by atoms with Crippen LogP contribution in [-0.2, 0) is 16.1 Å². The fourth-order valence-electron chi connectivity index (χ4n) is 2.03. The fourth-order valence-corrected chi connectivity index (χ4v) is 2.15. The van der Waals surface area contributed by atoms with Crippen LogP contribution in [0.3, 0.4) is 0 Å². The van der Waals surface area contributed by atoms with Crippen LogP contribution in [0, 0.1) is 5.92 Å². The second kappa shape index (κ2) is 8.47. The molecule has 1 aromatic carbocycles. The highest BCUT2D eigenvalue weighted by atomic mass is 35.5. The first-order valence-electron chi connectivity index (χ1n) is 6.51. The molecule has 0 aliphatic carbocycles. The standard InChI is InChI=1S/C14H19ClN2O2.ClH/c1-10(13-9-16-6-7-19-13)14(18)17-8-11-2-4-12(15)5-3-11;/h2-5,10,13,16H,6-9H2,1H3,(H,17,18);1H. The summed E-state index contributed by atoms with van der Waals surface area (Å²) in [7, 11) is 0. The topological polar surface area (TPSA) is 50.4 Å². The van der Waals surface area contributed by atoms with Crippen molar-refractivity contribution in [2.45, 2.75) is 19.6 Å². The van der Waals surface area contributed by atoms with Gasteiger partial charge in [-0.05, 0) is 17.7 Å². The van der Waals surface area contributed by atoms with Crippen LogP contribution < -0.4 is 10.6 Å². The number of morpholine rings is 1. The molecule has 1 aliphatic rings. The van der Waals surface area contributed by atoms with E-state index in [1.165, 1.54) is 0 Å². The number of carbonyl (C=O) groups excluding carboxylic acids is 1. The van der Waals surface area contributed by atoms with Crippen molar-refractivity contribution < 1.29 is 9.53 Å². The van der Waals surface area contributed by atoms with Crippen LogP contribution in [0.5, 0.6) is 0 Å². The predicted octanol–water partition coefficient (Wildman–Crippen LogP) is 2.00. The van der Waals surface area contributed by atoms with Gasteiger partial charge in [0.15, 0.2) is 0 Å². The van der Waals surface area contributed by atoms with E-state index in [-0.39, 0.29) is 30.3 Å². The van der Waals surface area contributed by atoms with Gasteiger partial charge < -0.3 is 15.4 Å². The fraction of sp³-hybridized carbons (Fsp3) is 0.500. The van der Waals surface area contributed by atoms with Crippen molar-refractivity contribution in [3.63, 3.8) is 0 Å². The second-order valence-corrected chi connectivity index (χ2v) is 5.18. The first kappa shape index (κ1) is 17.2. The van der Waals surface area contributed by atoms with Crippen LogP contribution >= 0.6 is 24.0 Å². The number of halogens is 2. The summed E-state index contributed by atoms with van der Waals surface area (Å²) in [6.07, 6.45) is -0.0426. The summed E-state index contributed by atoms with van der Waals surface area (Å²) in [4.78, 5) is 12.0. The molecule has 2 N–H and O–H groups in total. The zero-order valence-corrected chi connectivity index (χ0v) is 13.0. The van der Waals surface area contributed by atoms with Gasteiger partial charge in [0.2, 0.25) is 5.91 Å². The minimum atomic E-state index is -0.153. The average Bonchev–Trinajstić information content (AvgIpc) is 2.46. The molecule has 0 saturated carbocycles. The van der Waals surface area contributed by atoms with Gasteiger partial charge in [-0.1, -0.05) is 30.7 Å². The van der Waals surface area contributed by atoms with Gasteiger partial charge in [0.1, 0.15) is 0 Å². The van der Waals surface area contributed by atoms with E-state index in [2.05, 4.69) is 10.6 Å². The molecule has 2 rings (SSSR count). The maximum absolute atomic E-state index is 12.0. The van der Waals surface area contributed by atoms with Gasteiger partial charge >= 0.3 is 0 Å². The van der Waals surface area contributed by atoms with E-state index in [0.29, 0.717) is 18.2 Å². The third kappa shape index (κ3) is 4.94. The summed E-state index contributed by atoms with van der Waals surface area (Å²) < 4.78 is 5.59. The lowest BCUT2D eigenvalue weighted by Gasteiger charge is -2.28. The highest BCUT2D eigenvalue weighted by Crippen LogP contribution is 2.11. The first-order chi connectivity index (χ1) is 9.16. The number of amides is 1. The third-order valence-electron chi connectivity index (χ3n) is 3.31. The molecule has 0 aromatic heterocycles. The summed E-state index contributed by atoms with van der Waals surface area (Å²) in [6, 6.07) is 7.46. The van der Waals surface area contributed by atoms with Crippen molar-refractivity contribution >= 4 is 29.9 Å². The smallest absolute Gasteiger partial charge is 0.225 e. The number of hydrogen-bond donors (Lipinski definition) is 2. The molecular weight excluding hydrogens is 299 g/mol. The molecule has 0 radical (unpaired) electrons. The molecule has 112 valence electrons. The van der Waals surface area contributed by atoms with Crippen molar-refractivity contribution in [3.05, 3.63) is 34.9 Å². The Bertz CT molecular complexity index is 420. The summed E-state index contributed by atoms with van der Waals surface area (Å²) in [5.41, 5.74) is 1.03. The molecule has 20 heavy (non-hydrogen) atoms. The van der Waals surface area contributed by atoms with Crippen molar-refractivity contribution in [1.29, 1.82) is 0 Å². The Morgan fingerprint density at radius 3 is 2.80 bits per heavy atom. The largest absolute Gasteiger partial charge is 0.375 e. The monoisotopic (exact) mass is 318 g/mol. The summed E-state index contributed by atoms with van der Waals surface area (Å²) >= 11 is 5.82. The van der Waals surface area contributed by atoms with Crippen LogP contribution in [0.2, 0.25) is 5.02 Å². The molecule has 1 heterocycles. The number of carbonyl (C=O) groups is 1. The molecule has 1 amide bonds. The van der Waals surface area contributed by atoms with Gasteiger partial charge in [0.25, 0.3) is 0 Å². The van der Waals surface area contributed by atoms with Gasteiger partial charge in [0, 0.05) is 24.7 Å². The lowest BCUT2D eigenvalue weighted by Crippen LogP contribution is -2.46. The number of benzene rings is 1. The molecule has 0 bridgehead atoms. The quantitative estimate of drug-likeness (QED) is 0.892. The summed E-state index contributed by atoms with van der Waals surface area (Å²) in [5, 5.41) is 6.86. The van der Waals surface area contributed by atoms with E-state index in [1.54, 1.807) is 0 Å². The zero-order valence-electron chi connectivity index (χ0n) is 11.4. The minimum absolute atomic E-state index is 0. The molecular formula is C14H20Cl2N2O2. The van der Waals surface area contributed by atoms with E-state index < -0.39 is 0 Å². The molecule has 1 aromatic rings. The third-order valence-corrected chi connectivity index (χ3v) is 3.56. The van der Waals surface area contributed by atoms with Crippen molar-refractivity contribution in [2.24, 2.45) is 5.92 Å². The number of hydrogen-bond acceptors (Lipinski definition) is 3. The SMILES string of the molecule is CC(C(=O)NCc1ccc(Cl)cc1)C1CNCCO1.Cl. The summed E-state index contributed by atoms with van der Waals surface area (Å²) in [6.45, 7) is 4.67. The van der Waals surface area contributed by atoms with Crippen LogP contribution in [0.4, 0.5) is 0 Å². The molecule has 1 saturated heterocycles. The van der Waals surface area contributed by atoms with E-state index in [9.17, 15) is 4.79 Å². The Morgan fingerprint density at radius 2 is 2.20 bits per heavy atom. The van der Waals surface area contributed by atoms with E-state index in [4.69, 9.17) is 16.3 Å². The Morgan fingerprint density at radius 1 is 1.50 bits per heavy atom. The van der Waals surface area contributed by atoms with Crippen molar-refractivity contribution in [1.82, 2.24) is 10.6 Å². The van der Waals surface area contributed by atoms with Crippen LogP contribution in [0.15, 0.2) is 24.3 Å². The molecule has 2 unspecified atom stereocenters. The molecule has 2 atom stereocenters. The van der Waals surface area contributed by atoms with Gasteiger partial charge in [0.05, 0.1) is 18.6 Å². The van der Waals surface area contributed by atoms with Crippen molar-refractivity contribution in [3.8, 4) is 0 Å². The first-order valence-corrected chi connectivity index (χ1v) is 6.89. The van der Waals surface area contributed by atoms with Gasteiger partial charge in [-0.15, -0.1) is 12.4 Å². The highest BCUT2D eigenvalue weighted by Gasteiger charge is 2.26. The predicted molar refractivity (Wildman–Crippen MR) is 82.3 cm³/mol. The minimum Gasteiger partial charge on any atom is -0.375 e. The number of ether oxygens (including phenoxy) is 1. The number of nitrogens with one attached hydrogen (secondary N) is 2. The lowest BCUT2D eigenvalue weighted by atomic mass is 10.0. The number of rotatable bonds is 4. The van der Waals surface area contributed by atoms with Crippen molar-refractivity contribution in [2.75, 3.05) is 19.7 Å². The Balaban J connectivity index is 0.00000200. The van der Waals surface area contributed by atoms with Gasteiger partial charge in [-0.25, -0.2) is 0 Å². The Labute approximate surface area is 130 Å². The van der Waals surface area contributed by atoms with E-state index >= 15 is 0 Å². The zero-order chi connectivity index (χ0) is 13.7. The highest BCUT2D eigenvalue weighted by molar-refractivity contribution is 6.30. The molecule has 1 fully saturated rings. The van der Waals surface area contributed by atoms with Crippen LogP contribution in [-0.4, -0.2) is 31.7 Å². The lowest BCUT2D eigenvalue weighted by molar-refractivity contribution is -0.130. The molecule has 4 nitrogen and oxygen atoms in total. The maximum atomic E-state index is 12.0. The second-order valence-electron chi connectivity index (χ2n) is 4.75. The average molecular weight is 319 g/mol. The molecule has 0 spiro atoms. The molecule has 6 heteroatoms. The van der Waals surface area contributed by atoms with E-state index in [0.717, 1.165) is 18.7 Å². The maximum Gasteiger partial charge on any atom is 0.225 e. The summed E-state index contributed by atoms with van der Waals surface area (Å²) in [5.74, 6) is -0.135.